The number of sulfonamides is 1. The van der Waals surface area contributed by atoms with E-state index in [0.29, 0.717) is 45.6 Å². The van der Waals surface area contributed by atoms with Crippen LogP contribution in [0.3, 0.4) is 0 Å². The van der Waals surface area contributed by atoms with Gasteiger partial charge in [0.15, 0.2) is 0 Å². The van der Waals surface area contributed by atoms with Gasteiger partial charge in [-0.1, -0.05) is 30.3 Å². The first kappa shape index (κ1) is 21.8. The van der Waals surface area contributed by atoms with Crippen molar-refractivity contribution in [1.29, 1.82) is 0 Å². The van der Waals surface area contributed by atoms with Gasteiger partial charge in [-0.25, -0.2) is 12.7 Å². The number of carbonyl (C=O) groups is 1. The molecule has 0 spiro atoms. The second kappa shape index (κ2) is 10.2. The van der Waals surface area contributed by atoms with Gasteiger partial charge in [0, 0.05) is 39.8 Å². The van der Waals surface area contributed by atoms with Gasteiger partial charge in [-0.05, 0) is 25.3 Å². The highest BCUT2D eigenvalue weighted by Crippen LogP contribution is 2.36. The molecule has 1 saturated heterocycles. The van der Waals surface area contributed by atoms with Crippen molar-refractivity contribution in [2.24, 2.45) is 0 Å². The summed E-state index contributed by atoms with van der Waals surface area (Å²) in [7, 11) is -1.58. The lowest BCUT2D eigenvalue weighted by Gasteiger charge is -2.40. The van der Waals surface area contributed by atoms with Gasteiger partial charge in [0.2, 0.25) is 15.9 Å². The van der Waals surface area contributed by atoms with E-state index in [-0.39, 0.29) is 11.7 Å². The van der Waals surface area contributed by atoms with E-state index in [1.807, 2.05) is 30.3 Å². The molecule has 0 atom stereocenters. The van der Waals surface area contributed by atoms with Crippen LogP contribution in [0.1, 0.15) is 25.3 Å². The third kappa shape index (κ3) is 5.51. The first-order valence-corrected chi connectivity index (χ1v) is 11.1. The average molecular weight is 398 g/mol. The number of benzene rings is 1. The summed E-state index contributed by atoms with van der Waals surface area (Å²) < 4.78 is 30.8. The Balaban J connectivity index is 2.06. The van der Waals surface area contributed by atoms with Crippen LogP contribution in [-0.2, 0) is 25.0 Å². The Bertz CT molecular complexity index is 686. The van der Waals surface area contributed by atoms with Gasteiger partial charge in [0.1, 0.15) is 0 Å². The molecule has 152 valence electrons. The van der Waals surface area contributed by atoms with Crippen molar-refractivity contribution in [2.75, 3.05) is 52.2 Å². The van der Waals surface area contributed by atoms with Crippen molar-refractivity contribution in [1.82, 2.24) is 14.9 Å². The maximum absolute atomic E-state index is 13.1. The first-order chi connectivity index (χ1) is 13.0. The molecule has 1 aromatic carbocycles. The Morgan fingerprint density at radius 2 is 1.81 bits per heavy atom. The second-order valence-corrected chi connectivity index (χ2v) is 9.00. The molecule has 1 fully saturated rings. The maximum atomic E-state index is 13.1. The molecule has 0 bridgehead atoms. The van der Waals surface area contributed by atoms with E-state index in [0.717, 1.165) is 12.1 Å². The standard InChI is InChI=1S/C19H31N3O4S/c1-3-27(24,25)22-14-9-19(10-15-22,17-7-5-4-6-8-17)18(23)21-12-11-20-13-16-26-2/h4-8,20H,3,9-16H2,1-2H3,(H,21,23). The molecule has 8 heteroatoms. The van der Waals surface area contributed by atoms with Crippen LogP contribution < -0.4 is 10.6 Å². The molecule has 1 aliphatic rings. The Morgan fingerprint density at radius 3 is 2.41 bits per heavy atom. The fourth-order valence-electron chi connectivity index (χ4n) is 3.47. The molecule has 27 heavy (non-hydrogen) atoms. The molecule has 0 radical (unpaired) electrons. The van der Waals surface area contributed by atoms with E-state index in [1.54, 1.807) is 14.0 Å². The van der Waals surface area contributed by atoms with Crippen LogP contribution in [0.15, 0.2) is 30.3 Å². The summed E-state index contributed by atoms with van der Waals surface area (Å²) in [6.07, 6.45) is 0.971. The highest BCUT2D eigenvalue weighted by Gasteiger charge is 2.44. The minimum atomic E-state index is -3.23. The molecule has 0 aromatic heterocycles. The molecule has 2 rings (SSSR count). The smallest absolute Gasteiger partial charge is 0.230 e. The molecule has 0 unspecified atom stereocenters. The van der Waals surface area contributed by atoms with Crippen LogP contribution in [0.2, 0.25) is 0 Å². The Labute approximate surface area is 162 Å². The summed E-state index contributed by atoms with van der Waals surface area (Å²) in [5.74, 6) is 0.0563. The zero-order valence-corrected chi connectivity index (χ0v) is 17.1. The number of rotatable bonds is 10. The minimum absolute atomic E-state index is 0.0317. The van der Waals surface area contributed by atoms with Gasteiger partial charge in [0.25, 0.3) is 0 Å². The van der Waals surface area contributed by atoms with Gasteiger partial charge in [-0.15, -0.1) is 0 Å². The van der Waals surface area contributed by atoms with Gasteiger partial charge in [-0.2, -0.15) is 0 Å². The highest BCUT2D eigenvalue weighted by atomic mass is 32.2. The molecule has 1 heterocycles. The highest BCUT2D eigenvalue weighted by molar-refractivity contribution is 7.89. The van der Waals surface area contributed by atoms with E-state index in [4.69, 9.17) is 4.74 Å². The average Bonchev–Trinajstić information content (AvgIpc) is 2.71. The fourth-order valence-corrected chi connectivity index (χ4v) is 4.57. The van der Waals surface area contributed by atoms with Gasteiger partial charge >= 0.3 is 0 Å². The summed E-state index contributed by atoms with van der Waals surface area (Å²) in [6.45, 7) is 4.93. The third-order valence-corrected chi connectivity index (χ3v) is 7.05. The van der Waals surface area contributed by atoms with Crippen LogP contribution in [0.5, 0.6) is 0 Å². The van der Waals surface area contributed by atoms with E-state index in [2.05, 4.69) is 10.6 Å². The number of ether oxygens (including phenoxy) is 1. The summed E-state index contributed by atoms with van der Waals surface area (Å²) >= 11 is 0. The lowest BCUT2D eigenvalue weighted by molar-refractivity contribution is -0.128. The molecule has 1 aromatic rings. The van der Waals surface area contributed by atoms with E-state index in [1.165, 1.54) is 4.31 Å². The first-order valence-electron chi connectivity index (χ1n) is 9.47. The summed E-state index contributed by atoms with van der Waals surface area (Å²) in [5.41, 5.74) is 0.261. The number of carbonyl (C=O) groups excluding carboxylic acids is 1. The van der Waals surface area contributed by atoms with Crippen molar-refractivity contribution in [2.45, 2.75) is 25.2 Å². The Kier molecular flexibility index (Phi) is 8.22. The van der Waals surface area contributed by atoms with E-state index < -0.39 is 15.4 Å². The van der Waals surface area contributed by atoms with Gasteiger partial charge < -0.3 is 15.4 Å². The maximum Gasteiger partial charge on any atom is 0.230 e. The molecule has 0 saturated carbocycles. The number of piperidine rings is 1. The quantitative estimate of drug-likeness (QED) is 0.568. The summed E-state index contributed by atoms with van der Waals surface area (Å²) in [6, 6.07) is 9.68. The van der Waals surface area contributed by atoms with Crippen molar-refractivity contribution < 1.29 is 17.9 Å². The number of hydrogen-bond acceptors (Lipinski definition) is 5. The van der Waals surface area contributed by atoms with Crippen molar-refractivity contribution in [3.8, 4) is 0 Å². The van der Waals surface area contributed by atoms with Crippen molar-refractivity contribution in [3.63, 3.8) is 0 Å². The molecular formula is C19H31N3O4S. The molecule has 1 aliphatic heterocycles. The number of methoxy groups -OCH3 is 1. The van der Waals surface area contributed by atoms with Crippen LogP contribution in [0.4, 0.5) is 0 Å². The largest absolute Gasteiger partial charge is 0.383 e. The number of amides is 1. The number of hydrogen-bond donors (Lipinski definition) is 2. The fraction of sp³-hybridized carbons (Fsp3) is 0.632. The third-order valence-electron chi connectivity index (χ3n) is 5.17. The van der Waals surface area contributed by atoms with Crippen LogP contribution in [0.25, 0.3) is 0 Å². The SMILES string of the molecule is CCS(=O)(=O)N1CCC(C(=O)NCCNCCOC)(c2ccccc2)CC1. The normalized spacial score (nSPS) is 17.6. The van der Waals surface area contributed by atoms with E-state index in [9.17, 15) is 13.2 Å². The lowest BCUT2D eigenvalue weighted by atomic mass is 9.72. The predicted molar refractivity (Wildman–Crippen MR) is 106 cm³/mol. The van der Waals surface area contributed by atoms with Crippen molar-refractivity contribution >= 4 is 15.9 Å². The Hall–Kier alpha value is -1.48. The zero-order chi connectivity index (χ0) is 19.8. The molecule has 1 amide bonds. The van der Waals surface area contributed by atoms with Gasteiger partial charge in [0.05, 0.1) is 17.8 Å². The summed E-state index contributed by atoms with van der Waals surface area (Å²) in [5, 5.41) is 6.23. The van der Waals surface area contributed by atoms with Gasteiger partial charge in [-0.3, -0.25) is 4.79 Å². The molecular weight excluding hydrogens is 366 g/mol. The number of nitrogens with one attached hydrogen (secondary N) is 2. The second-order valence-electron chi connectivity index (χ2n) is 6.75. The minimum Gasteiger partial charge on any atom is -0.383 e. The van der Waals surface area contributed by atoms with Crippen LogP contribution >= 0.6 is 0 Å². The molecule has 0 aliphatic carbocycles. The zero-order valence-electron chi connectivity index (χ0n) is 16.2. The molecule has 7 nitrogen and oxygen atoms in total. The molecule has 2 N–H and O–H groups in total. The van der Waals surface area contributed by atoms with E-state index >= 15 is 0 Å². The topological polar surface area (TPSA) is 87.7 Å². The van der Waals surface area contributed by atoms with Crippen LogP contribution in [0, 0.1) is 0 Å². The number of nitrogens with zero attached hydrogens (tertiary/aromatic N) is 1. The monoisotopic (exact) mass is 397 g/mol. The summed E-state index contributed by atoms with van der Waals surface area (Å²) in [4.78, 5) is 13.1. The predicted octanol–water partition coefficient (Wildman–Crippen LogP) is 0.722. The van der Waals surface area contributed by atoms with Crippen LogP contribution in [-0.4, -0.2) is 70.8 Å². The Morgan fingerprint density at radius 1 is 1.15 bits per heavy atom. The lowest BCUT2D eigenvalue weighted by Crippen LogP contribution is -2.53. The van der Waals surface area contributed by atoms with Crippen molar-refractivity contribution in [3.05, 3.63) is 35.9 Å².